The average molecular weight is 569 g/mol. The van der Waals surface area contributed by atoms with E-state index in [-0.39, 0.29) is 24.0 Å². The summed E-state index contributed by atoms with van der Waals surface area (Å²) >= 11 is 0. The fourth-order valence-corrected chi connectivity index (χ4v) is 4.30. The van der Waals surface area contributed by atoms with Gasteiger partial charge in [0, 0.05) is 52.0 Å². The minimum atomic E-state index is 0. The largest absolute Gasteiger partial charge is 0.375 e. The summed E-state index contributed by atoms with van der Waals surface area (Å²) in [7, 11) is 4.15. The number of likely N-dealkylation sites (N-methyl/N-ethyl adjacent to an activating group) is 1. The predicted molar refractivity (Wildman–Crippen MR) is 148 cm³/mol. The van der Waals surface area contributed by atoms with E-state index in [1.807, 2.05) is 18.5 Å². The van der Waals surface area contributed by atoms with E-state index in [4.69, 9.17) is 4.99 Å². The lowest BCUT2D eigenvalue weighted by Gasteiger charge is -2.27. The van der Waals surface area contributed by atoms with Gasteiger partial charge in [-0.3, -0.25) is 4.90 Å². The van der Waals surface area contributed by atoms with Crippen LogP contribution < -0.4 is 10.2 Å². The maximum atomic E-state index is 4.95. The molecule has 3 rings (SSSR count). The van der Waals surface area contributed by atoms with Gasteiger partial charge in [-0.05, 0) is 45.0 Å². The van der Waals surface area contributed by atoms with Gasteiger partial charge >= 0.3 is 0 Å². The molecular formula is C24H41IN8. The van der Waals surface area contributed by atoms with Crippen LogP contribution in [0, 0.1) is 6.92 Å². The molecule has 1 aromatic carbocycles. The van der Waals surface area contributed by atoms with Crippen molar-refractivity contribution in [2.75, 3.05) is 51.2 Å². The van der Waals surface area contributed by atoms with E-state index in [1.165, 1.54) is 12.1 Å². The highest BCUT2D eigenvalue weighted by Crippen LogP contribution is 2.16. The van der Waals surface area contributed by atoms with Crippen molar-refractivity contribution in [2.45, 2.75) is 46.2 Å². The maximum absolute atomic E-state index is 4.95. The summed E-state index contributed by atoms with van der Waals surface area (Å²) in [5.74, 6) is 2.80. The van der Waals surface area contributed by atoms with Crippen molar-refractivity contribution < 1.29 is 0 Å². The molecule has 0 spiro atoms. The van der Waals surface area contributed by atoms with Crippen LogP contribution in [0.15, 0.2) is 35.3 Å². The van der Waals surface area contributed by atoms with E-state index in [0.717, 1.165) is 63.3 Å². The lowest BCUT2D eigenvalue weighted by molar-refractivity contribution is 0.223. The number of aryl methyl sites for hydroxylation is 1. The minimum Gasteiger partial charge on any atom is -0.375 e. The van der Waals surface area contributed by atoms with Gasteiger partial charge in [-0.2, -0.15) is 0 Å². The highest BCUT2D eigenvalue weighted by Gasteiger charge is 2.28. The van der Waals surface area contributed by atoms with Gasteiger partial charge in [-0.1, -0.05) is 32.0 Å². The van der Waals surface area contributed by atoms with Crippen LogP contribution >= 0.6 is 24.0 Å². The van der Waals surface area contributed by atoms with Crippen molar-refractivity contribution in [2.24, 2.45) is 12.0 Å². The molecule has 1 aliphatic heterocycles. The van der Waals surface area contributed by atoms with Crippen LogP contribution in [-0.4, -0.2) is 82.9 Å². The number of anilines is 1. The number of likely N-dealkylation sites (tertiary alicyclic amines) is 1. The predicted octanol–water partition coefficient (Wildman–Crippen LogP) is 3.13. The number of halogens is 1. The van der Waals surface area contributed by atoms with E-state index in [9.17, 15) is 0 Å². The molecule has 0 amide bonds. The van der Waals surface area contributed by atoms with Crippen LogP contribution in [0.1, 0.15) is 38.3 Å². The smallest absolute Gasteiger partial charge is 0.194 e. The first kappa shape index (κ1) is 27.4. The Hall–Kier alpha value is -1.88. The number of guanidine groups is 1. The van der Waals surface area contributed by atoms with Crippen molar-refractivity contribution in [3.8, 4) is 0 Å². The Morgan fingerprint density at radius 3 is 2.55 bits per heavy atom. The first-order valence-electron chi connectivity index (χ1n) is 11.9. The standard InChI is InChI=1S/C24H40N8.HI/c1-6-31(7-2)22-14-17-32(19-22)24(26-18-23-28-27-20(3)30(23)5)25-15-11-16-29(4)21-12-9-8-10-13-21;/h8-10,12-13,22H,6-7,11,14-19H2,1-5H3,(H,25,26);1H. The minimum absolute atomic E-state index is 0. The van der Waals surface area contributed by atoms with E-state index in [1.54, 1.807) is 0 Å². The second kappa shape index (κ2) is 13.7. The van der Waals surface area contributed by atoms with E-state index in [0.29, 0.717) is 12.6 Å². The SMILES string of the molecule is CCN(CC)C1CCN(C(=NCc2nnc(C)n2C)NCCCN(C)c2ccccc2)C1.I. The number of aliphatic imine (C=N–C) groups is 1. The van der Waals surface area contributed by atoms with Gasteiger partial charge in [0.25, 0.3) is 0 Å². The fraction of sp³-hybridized carbons (Fsp3) is 0.625. The monoisotopic (exact) mass is 568 g/mol. The summed E-state index contributed by atoms with van der Waals surface area (Å²) in [4.78, 5) is 12.2. The molecule has 1 atom stereocenters. The first-order chi connectivity index (χ1) is 15.5. The zero-order valence-electron chi connectivity index (χ0n) is 20.9. The second-order valence-corrected chi connectivity index (χ2v) is 8.51. The van der Waals surface area contributed by atoms with Crippen LogP contribution in [-0.2, 0) is 13.6 Å². The Kier molecular flexibility index (Phi) is 11.4. The molecule has 33 heavy (non-hydrogen) atoms. The molecule has 8 nitrogen and oxygen atoms in total. The van der Waals surface area contributed by atoms with Gasteiger partial charge in [-0.25, -0.2) is 4.99 Å². The van der Waals surface area contributed by atoms with Gasteiger partial charge in [0.2, 0.25) is 0 Å². The second-order valence-electron chi connectivity index (χ2n) is 8.51. The van der Waals surface area contributed by atoms with Crippen molar-refractivity contribution in [1.29, 1.82) is 0 Å². The molecule has 184 valence electrons. The van der Waals surface area contributed by atoms with Gasteiger partial charge in [0.05, 0.1) is 0 Å². The average Bonchev–Trinajstić information content (AvgIpc) is 3.42. The Bertz CT molecular complexity index is 849. The quantitative estimate of drug-likeness (QED) is 0.206. The zero-order valence-corrected chi connectivity index (χ0v) is 23.2. The number of hydrogen-bond donors (Lipinski definition) is 1. The summed E-state index contributed by atoms with van der Waals surface area (Å²) in [6, 6.07) is 11.1. The summed E-state index contributed by atoms with van der Waals surface area (Å²) < 4.78 is 2.01. The number of hydrogen-bond acceptors (Lipinski definition) is 5. The third kappa shape index (κ3) is 7.56. The molecular weight excluding hydrogens is 527 g/mol. The molecule has 1 unspecified atom stereocenters. The Balaban J connectivity index is 0.00000385. The Morgan fingerprint density at radius 1 is 1.18 bits per heavy atom. The lowest BCUT2D eigenvalue weighted by Crippen LogP contribution is -2.44. The fourth-order valence-electron chi connectivity index (χ4n) is 4.30. The van der Waals surface area contributed by atoms with Crippen LogP contribution in [0.2, 0.25) is 0 Å². The molecule has 1 saturated heterocycles. The van der Waals surface area contributed by atoms with Crippen molar-refractivity contribution in [1.82, 2.24) is 29.9 Å². The third-order valence-electron chi connectivity index (χ3n) is 6.50. The topological polar surface area (TPSA) is 64.8 Å². The number of rotatable bonds is 10. The van der Waals surface area contributed by atoms with Crippen molar-refractivity contribution in [3.05, 3.63) is 42.0 Å². The van der Waals surface area contributed by atoms with Crippen LogP contribution in [0.3, 0.4) is 0 Å². The zero-order chi connectivity index (χ0) is 22.9. The summed E-state index contributed by atoms with van der Waals surface area (Å²) in [5.41, 5.74) is 1.25. The highest BCUT2D eigenvalue weighted by atomic mass is 127. The first-order valence-corrected chi connectivity index (χ1v) is 11.9. The van der Waals surface area contributed by atoms with E-state index < -0.39 is 0 Å². The van der Waals surface area contributed by atoms with E-state index >= 15 is 0 Å². The molecule has 0 aliphatic carbocycles. The van der Waals surface area contributed by atoms with Crippen molar-refractivity contribution in [3.63, 3.8) is 0 Å². The molecule has 9 heteroatoms. The molecule has 1 N–H and O–H groups in total. The number of aromatic nitrogens is 3. The molecule has 0 bridgehead atoms. The number of nitrogens with zero attached hydrogens (tertiary/aromatic N) is 7. The van der Waals surface area contributed by atoms with Crippen LogP contribution in [0.5, 0.6) is 0 Å². The molecule has 1 fully saturated rings. The third-order valence-corrected chi connectivity index (χ3v) is 6.50. The van der Waals surface area contributed by atoms with Crippen LogP contribution in [0.4, 0.5) is 5.69 Å². The Morgan fingerprint density at radius 2 is 1.91 bits per heavy atom. The van der Waals surface area contributed by atoms with Gasteiger partial charge in [0.15, 0.2) is 11.8 Å². The molecule has 2 aromatic rings. The van der Waals surface area contributed by atoms with Gasteiger partial charge in [0.1, 0.15) is 12.4 Å². The lowest BCUT2D eigenvalue weighted by atomic mass is 10.2. The summed E-state index contributed by atoms with van der Waals surface area (Å²) in [6.07, 6.45) is 2.23. The number of benzene rings is 1. The van der Waals surface area contributed by atoms with E-state index in [2.05, 4.69) is 81.4 Å². The molecule has 1 aliphatic rings. The van der Waals surface area contributed by atoms with Gasteiger partial charge in [-0.15, -0.1) is 34.2 Å². The normalized spacial score (nSPS) is 16.2. The summed E-state index contributed by atoms with van der Waals surface area (Å²) in [6.45, 7) is 13.1. The molecule has 1 aromatic heterocycles. The molecule has 0 saturated carbocycles. The van der Waals surface area contributed by atoms with Crippen LogP contribution in [0.25, 0.3) is 0 Å². The number of nitrogens with one attached hydrogen (secondary N) is 1. The van der Waals surface area contributed by atoms with Crippen molar-refractivity contribution >= 4 is 35.6 Å². The summed E-state index contributed by atoms with van der Waals surface area (Å²) in [5, 5.41) is 12.1. The highest BCUT2D eigenvalue weighted by molar-refractivity contribution is 14.0. The molecule has 0 radical (unpaired) electrons. The Labute approximate surface area is 216 Å². The number of para-hydroxylation sites is 1. The van der Waals surface area contributed by atoms with Gasteiger partial charge < -0.3 is 19.7 Å². The molecule has 2 heterocycles. The maximum Gasteiger partial charge on any atom is 0.194 e.